The van der Waals surface area contributed by atoms with Crippen LogP contribution in [0.1, 0.15) is 52.4 Å². The van der Waals surface area contributed by atoms with Gasteiger partial charge in [-0.05, 0) is 44.6 Å². The summed E-state index contributed by atoms with van der Waals surface area (Å²) in [5.74, 6) is 0.672. The first-order valence-electron chi connectivity index (χ1n) is 8.32. The minimum Gasteiger partial charge on any atom is -0.368 e. The van der Waals surface area contributed by atoms with E-state index in [1.165, 1.54) is 0 Å². The van der Waals surface area contributed by atoms with Gasteiger partial charge in [-0.1, -0.05) is 13.8 Å². The monoisotopic (exact) mass is 295 g/mol. The van der Waals surface area contributed by atoms with Crippen molar-refractivity contribution in [3.05, 3.63) is 0 Å². The van der Waals surface area contributed by atoms with E-state index in [4.69, 9.17) is 5.73 Å². The van der Waals surface area contributed by atoms with Crippen molar-refractivity contribution in [3.63, 3.8) is 0 Å². The zero-order chi connectivity index (χ0) is 15.4. The standard InChI is InChI=1S/C16H29N3O2/c1-12(2)5-6-15(20)18-10-7-13(8-11-18)19-9-3-4-14(19)16(17)21/h12-14H,3-11H2,1-2H3,(H2,17,21). The predicted molar refractivity (Wildman–Crippen MR) is 82.6 cm³/mol. The molecule has 2 N–H and O–H groups in total. The van der Waals surface area contributed by atoms with Crippen LogP contribution in [0.25, 0.3) is 0 Å². The van der Waals surface area contributed by atoms with Gasteiger partial charge in [0.1, 0.15) is 0 Å². The largest absolute Gasteiger partial charge is 0.368 e. The summed E-state index contributed by atoms with van der Waals surface area (Å²) in [6.45, 7) is 6.92. The second-order valence-electron chi connectivity index (χ2n) is 6.84. The van der Waals surface area contributed by atoms with Crippen LogP contribution in [0.15, 0.2) is 0 Å². The van der Waals surface area contributed by atoms with E-state index in [-0.39, 0.29) is 17.9 Å². The molecule has 5 nitrogen and oxygen atoms in total. The van der Waals surface area contributed by atoms with Gasteiger partial charge in [0.05, 0.1) is 6.04 Å². The van der Waals surface area contributed by atoms with Gasteiger partial charge in [-0.25, -0.2) is 0 Å². The second kappa shape index (κ2) is 7.25. The van der Waals surface area contributed by atoms with Gasteiger partial charge in [0.2, 0.25) is 11.8 Å². The van der Waals surface area contributed by atoms with Gasteiger partial charge in [0.15, 0.2) is 0 Å². The summed E-state index contributed by atoms with van der Waals surface area (Å²) >= 11 is 0. The fraction of sp³-hybridized carbons (Fsp3) is 0.875. The van der Waals surface area contributed by atoms with Crippen LogP contribution >= 0.6 is 0 Å². The number of nitrogens with zero attached hydrogens (tertiary/aromatic N) is 2. The van der Waals surface area contributed by atoms with E-state index in [9.17, 15) is 9.59 Å². The second-order valence-corrected chi connectivity index (χ2v) is 6.84. The molecule has 0 aromatic heterocycles. The van der Waals surface area contributed by atoms with Crippen LogP contribution in [0.5, 0.6) is 0 Å². The molecule has 120 valence electrons. The molecule has 0 aromatic rings. The normalized spacial score (nSPS) is 24.7. The molecule has 2 fully saturated rings. The van der Waals surface area contributed by atoms with Crippen molar-refractivity contribution in [2.45, 2.75) is 64.5 Å². The third-order valence-electron chi connectivity index (χ3n) is 4.84. The minimum absolute atomic E-state index is 0.0850. The summed E-state index contributed by atoms with van der Waals surface area (Å²) in [4.78, 5) is 27.9. The lowest BCUT2D eigenvalue weighted by Gasteiger charge is -2.38. The lowest BCUT2D eigenvalue weighted by atomic mass is 10.0. The first-order chi connectivity index (χ1) is 9.99. The summed E-state index contributed by atoms with van der Waals surface area (Å²) in [7, 11) is 0. The third-order valence-corrected chi connectivity index (χ3v) is 4.84. The van der Waals surface area contributed by atoms with Crippen molar-refractivity contribution in [2.24, 2.45) is 11.7 Å². The van der Waals surface area contributed by atoms with Crippen molar-refractivity contribution in [1.29, 1.82) is 0 Å². The number of primary amides is 1. The molecule has 0 spiro atoms. The number of carbonyl (C=O) groups excluding carboxylic acids is 2. The highest BCUT2D eigenvalue weighted by molar-refractivity contribution is 5.80. The number of hydrogen-bond acceptors (Lipinski definition) is 3. The van der Waals surface area contributed by atoms with E-state index >= 15 is 0 Å². The Kier molecular flexibility index (Phi) is 5.62. The highest BCUT2D eigenvalue weighted by Crippen LogP contribution is 2.26. The molecule has 0 saturated carbocycles. The first kappa shape index (κ1) is 16.3. The van der Waals surface area contributed by atoms with Gasteiger partial charge in [0, 0.05) is 25.6 Å². The summed E-state index contributed by atoms with van der Waals surface area (Å²) in [5, 5.41) is 0. The number of hydrogen-bond donors (Lipinski definition) is 1. The third kappa shape index (κ3) is 4.19. The zero-order valence-corrected chi connectivity index (χ0v) is 13.4. The zero-order valence-electron chi connectivity index (χ0n) is 13.4. The number of piperidine rings is 1. The van der Waals surface area contributed by atoms with Crippen molar-refractivity contribution in [3.8, 4) is 0 Å². The Balaban J connectivity index is 1.80. The first-order valence-corrected chi connectivity index (χ1v) is 8.32. The number of amides is 2. The Labute approximate surface area is 127 Å². The Morgan fingerprint density at radius 1 is 1.14 bits per heavy atom. The Bertz CT molecular complexity index is 376. The topological polar surface area (TPSA) is 66.6 Å². The molecule has 0 aliphatic carbocycles. The highest BCUT2D eigenvalue weighted by atomic mass is 16.2. The van der Waals surface area contributed by atoms with Crippen LogP contribution in [0.3, 0.4) is 0 Å². The number of rotatable bonds is 5. The Morgan fingerprint density at radius 3 is 2.38 bits per heavy atom. The van der Waals surface area contributed by atoms with E-state index < -0.39 is 0 Å². The van der Waals surface area contributed by atoms with Crippen LogP contribution in [0, 0.1) is 5.92 Å². The smallest absolute Gasteiger partial charge is 0.234 e. The van der Waals surface area contributed by atoms with Crippen molar-refractivity contribution in [1.82, 2.24) is 9.80 Å². The minimum atomic E-state index is -0.192. The number of likely N-dealkylation sites (tertiary alicyclic amines) is 2. The molecular formula is C16H29N3O2. The van der Waals surface area contributed by atoms with Crippen LogP contribution in [0.2, 0.25) is 0 Å². The Morgan fingerprint density at radius 2 is 1.81 bits per heavy atom. The van der Waals surface area contributed by atoms with Gasteiger partial charge < -0.3 is 10.6 Å². The predicted octanol–water partition coefficient (Wildman–Crippen LogP) is 1.36. The summed E-state index contributed by atoms with van der Waals surface area (Å²) in [5.41, 5.74) is 5.49. The molecule has 1 atom stereocenters. The average molecular weight is 295 g/mol. The van der Waals surface area contributed by atoms with E-state index in [1.807, 2.05) is 4.90 Å². The van der Waals surface area contributed by atoms with Crippen LogP contribution < -0.4 is 5.73 Å². The average Bonchev–Trinajstić information content (AvgIpc) is 2.94. The SMILES string of the molecule is CC(C)CCC(=O)N1CCC(N2CCCC2C(N)=O)CC1. The lowest BCUT2D eigenvalue weighted by molar-refractivity contribution is -0.133. The van der Waals surface area contributed by atoms with Crippen molar-refractivity contribution < 1.29 is 9.59 Å². The maximum atomic E-state index is 12.1. The number of carbonyl (C=O) groups is 2. The lowest BCUT2D eigenvalue weighted by Crippen LogP contribution is -2.51. The van der Waals surface area contributed by atoms with Crippen LogP contribution in [-0.4, -0.2) is 53.3 Å². The molecule has 2 aliphatic heterocycles. The summed E-state index contributed by atoms with van der Waals surface area (Å²) < 4.78 is 0. The molecule has 2 amide bonds. The van der Waals surface area contributed by atoms with Crippen LogP contribution in [-0.2, 0) is 9.59 Å². The van der Waals surface area contributed by atoms with Crippen molar-refractivity contribution in [2.75, 3.05) is 19.6 Å². The van der Waals surface area contributed by atoms with Gasteiger partial charge in [-0.2, -0.15) is 0 Å². The molecule has 2 heterocycles. The molecule has 2 aliphatic rings. The molecular weight excluding hydrogens is 266 g/mol. The van der Waals surface area contributed by atoms with Crippen LogP contribution in [0.4, 0.5) is 0 Å². The van der Waals surface area contributed by atoms with Crippen molar-refractivity contribution >= 4 is 11.8 Å². The Hall–Kier alpha value is -1.10. The molecule has 0 radical (unpaired) electrons. The molecule has 5 heteroatoms. The van der Waals surface area contributed by atoms with Gasteiger partial charge in [0.25, 0.3) is 0 Å². The molecule has 2 rings (SSSR count). The molecule has 2 saturated heterocycles. The maximum Gasteiger partial charge on any atom is 0.234 e. The highest BCUT2D eigenvalue weighted by Gasteiger charge is 2.36. The molecule has 0 bridgehead atoms. The number of nitrogens with two attached hydrogens (primary N) is 1. The van der Waals surface area contributed by atoms with E-state index in [1.54, 1.807) is 0 Å². The van der Waals surface area contributed by atoms with Gasteiger partial charge in [-0.15, -0.1) is 0 Å². The molecule has 1 unspecified atom stereocenters. The molecule has 0 aromatic carbocycles. The van der Waals surface area contributed by atoms with E-state index in [2.05, 4.69) is 18.7 Å². The maximum absolute atomic E-state index is 12.1. The van der Waals surface area contributed by atoms with Gasteiger partial charge >= 0.3 is 0 Å². The van der Waals surface area contributed by atoms with E-state index in [0.717, 1.165) is 51.7 Å². The summed E-state index contributed by atoms with van der Waals surface area (Å²) in [6, 6.07) is 0.331. The van der Waals surface area contributed by atoms with E-state index in [0.29, 0.717) is 18.4 Å². The molecule has 21 heavy (non-hydrogen) atoms. The van der Waals surface area contributed by atoms with Gasteiger partial charge in [-0.3, -0.25) is 14.5 Å². The fourth-order valence-electron chi connectivity index (χ4n) is 3.55. The summed E-state index contributed by atoms with van der Waals surface area (Å²) in [6.07, 6.45) is 5.52. The quantitative estimate of drug-likeness (QED) is 0.833. The fourth-order valence-corrected chi connectivity index (χ4v) is 3.55.